The van der Waals surface area contributed by atoms with Crippen LogP contribution in [0.1, 0.15) is 35.6 Å². The van der Waals surface area contributed by atoms with Crippen LogP contribution in [-0.4, -0.2) is 31.5 Å². The number of nitrogens with one attached hydrogen (secondary N) is 1. The highest BCUT2D eigenvalue weighted by molar-refractivity contribution is 7.91. The second kappa shape index (κ2) is 5.46. The maximum absolute atomic E-state index is 11.4. The predicted molar refractivity (Wildman–Crippen MR) is 70.1 cm³/mol. The van der Waals surface area contributed by atoms with Crippen LogP contribution in [0.3, 0.4) is 0 Å². The van der Waals surface area contributed by atoms with Gasteiger partial charge in [-0.3, -0.25) is 0 Å². The Morgan fingerprint density at radius 3 is 3.06 bits per heavy atom. The van der Waals surface area contributed by atoms with Gasteiger partial charge in [0.05, 0.1) is 16.5 Å². The number of nitrogens with zero attached hydrogens (tertiary/aromatic N) is 1. The standard InChI is InChI=1S/C11H18N2O2S2/c1-2-4-12-6-10-7-13-11(16-10)9-3-5-17(14,15)8-9/h7,9,12H,2-6,8H2,1H3. The molecular formula is C11H18N2O2S2. The van der Waals surface area contributed by atoms with Gasteiger partial charge in [-0.2, -0.15) is 0 Å². The molecule has 2 heterocycles. The summed E-state index contributed by atoms with van der Waals surface area (Å²) in [5.74, 6) is 0.730. The summed E-state index contributed by atoms with van der Waals surface area (Å²) >= 11 is 1.64. The molecule has 0 bridgehead atoms. The Bertz CT molecular complexity index is 468. The second-order valence-corrected chi connectivity index (χ2v) is 7.82. The van der Waals surface area contributed by atoms with Crippen LogP contribution < -0.4 is 5.32 Å². The predicted octanol–water partition coefficient (Wildman–Crippen LogP) is 1.54. The molecule has 4 nitrogen and oxygen atoms in total. The van der Waals surface area contributed by atoms with Crippen molar-refractivity contribution >= 4 is 21.2 Å². The van der Waals surface area contributed by atoms with Gasteiger partial charge in [-0.1, -0.05) is 6.92 Å². The van der Waals surface area contributed by atoms with Crippen molar-refractivity contribution in [2.45, 2.75) is 32.2 Å². The zero-order valence-electron chi connectivity index (χ0n) is 9.98. The number of aromatic nitrogens is 1. The molecule has 17 heavy (non-hydrogen) atoms. The van der Waals surface area contributed by atoms with E-state index in [0.717, 1.165) is 30.9 Å². The van der Waals surface area contributed by atoms with Gasteiger partial charge in [0.25, 0.3) is 0 Å². The minimum absolute atomic E-state index is 0.130. The van der Waals surface area contributed by atoms with Crippen molar-refractivity contribution in [3.05, 3.63) is 16.1 Å². The number of thiazole rings is 1. The van der Waals surface area contributed by atoms with Crippen LogP contribution in [0.2, 0.25) is 0 Å². The van der Waals surface area contributed by atoms with Crippen LogP contribution in [0, 0.1) is 0 Å². The molecule has 1 aliphatic heterocycles. The average molecular weight is 274 g/mol. The van der Waals surface area contributed by atoms with E-state index in [1.807, 2.05) is 6.20 Å². The monoisotopic (exact) mass is 274 g/mol. The van der Waals surface area contributed by atoms with E-state index in [2.05, 4.69) is 17.2 Å². The van der Waals surface area contributed by atoms with Crippen molar-refractivity contribution in [1.29, 1.82) is 0 Å². The van der Waals surface area contributed by atoms with Gasteiger partial charge in [0.15, 0.2) is 9.84 Å². The summed E-state index contributed by atoms with van der Waals surface area (Å²) in [5, 5.41) is 4.31. The number of hydrogen-bond donors (Lipinski definition) is 1. The molecule has 1 atom stereocenters. The van der Waals surface area contributed by atoms with Crippen LogP contribution in [0.15, 0.2) is 6.20 Å². The van der Waals surface area contributed by atoms with Crippen LogP contribution in [0.5, 0.6) is 0 Å². The maximum atomic E-state index is 11.4. The summed E-state index contributed by atoms with van der Waals surface area (Å²) in [6.07, 6.45) is 3.72. The molecular weight excluding hydrogens is 256 g/mol. The van der Waals surface area contributed by atoms with Gasteiger partial charge in [0.1, 0.15) is 0 Å². The van der Waals surface area contributed by atoms with Gasteiger partial charge in [0, 0.05) is 23.5 Å². The Kier molecular flexibility index (Phi) is 4.17. The Morgan fingerprint density at radius 2 is 2.41 bits per heavy atom. The Labute approximate surface area is 106 Å². The molecule has 6 heteroatoms. The normalized spacial score (nSPS) is 23.0. The van der Waals surface area contributed by atoms with Gasteiger partial charge >= 0.3 is 0 Å². The molecule has 0 spiro atoms. The van der Waals surface area contributed by atoms with Gasteiger partial charge in [0.2, 0.25) is 0 Å². The Balaban J connectivity index is 1.94. The van der Waals surface area contributed by atoms with Gasteiger partial charge in [-0.25, -0.2) is 13.4 Å². The summed E-state index contributed by atoms with van der Waals surface area (Å²) in [6.45, 7) is 3.98. The van der Waals surface area contributed by atoms with Crippen LogP contribution in [0.25, 0.3) is 0 Å². The molecule has 0 saturated carbocycles. The van der Waals surface area contributed by atoms with Gasteiger partial charge in [-0.05, 0) is 19.4 Å². The molecule has 1 fully saturated rings. The largest absolute Gasteiger partial charge is 0.312 e. The lowest BCUT2D eigenvalue weighted by molar-refractivity contribution is 0.601. The third-order valence-corrected chi connectivity index (χ3v) is 5.81. The van der Waals surface area contributed by atoms with Crippen molar-refractivity contribution < 1.29 is 8.42 Å². The number of hydrogen-bond acceptors (Lipinski definition) is 5. The molecule has 96 valence electrons. The molecule has 1 saturated heterocycles. The molecule has 1 aromatic rings. The number of sulfone groups is 1. The molecule has 0 aromatic carbocycles. The van der Waals surface area contributed by atoms with Crippen LogP contribution in [-0.2, 0) is 16.4 Å². The molecule has 2 rings (SSSR count). The summed E-state index contributed by atoms with van der Waals surface area (Å²) in [7, 11) is -2.80. The molecule has 0 radical (unpaired) electrons. The first-order valence-corrected chi connectivity index (χ1v) is 8.60. The molecule has 1 aliphatic rings. The highest BCUT2D eigenvalue weighted by Gasteiger charge is 2.30. The van der Waals surface area contributed by atoms with Gasteiger partial charge < -0.3 is 5.32 Å². The molecule has 1 unspecified atom stereocenters. The van der Waals surface area contributed by atoms with Crippen molar-refractivity contribution in [1.82, 2.24) is 10.3 Å². The smallest absolute Gasteiger partial charge is 0.151 e. The van der Waals surface area contributed by atoms with Crippen molar-refractivity contribution in [2.75, 3.05) is 18.1 Å². The zero-order chi connectivity index (χ0) is 12.3. The average Bonchev–Trinajstić information content (AvgIpc) is 2.85. The molecule has 0 aliphatic carbocycles. The lowest BCUT2D eigenvalue weighted by Gasteiger charge is -2.01. The fourth-order valence-corrected chi connectivity index (χ4v) is 4.85. The van der Waals surface area contributed by atoms with E-state index in [-0.39, 0.29) is 11.7 Å². The topological polar surface area (TPSA) is 59.1 Å². The van der Waals surface area contributed by atoms with E-state index >= 15 is 0 Å². The van der Waals surface area contributed by atoms with E-state index in [1.54, 1.807) is 11.3 Å². The first kappa shape index (κ1) is 13.0. The van der Waals surface area contributed by atoms with E-state index in [1.165, 1.54) is 4.88 Å². The lowest BCUT2D eigenvalue weighted by atomic mass is 10.1. The number of rotatable bonds is 5. The molecule has 1 N–H and O–H groups in total. The minimum Gasteiger partial charge on any atom is -0.312 e. The fourth-order valence-electron chi connectivity index (χ4n) is 1.97. The fraction of sp³-hybridized carbons (Fsp3) is 0.727. The van der Waals surface area contributed by atoms with Crippen molar-refractivity contribution in [3.63, 3.8) is 0 Å². The van der Waals surface area contributed by atoms with E-state index in [4.69, 9.17) is 0 Å². The third kappa shape index (κ3) is 3.50. The molecule has 0 amide bonds. The highest BCUT2D eigenvalue weighted by Crippen LogP contribution is 2.31. The minimum atomic E-state index is -2.80. The summed E-state index contributed by atoms with van der Waals surface area (Å²) in [4.78, 5) is 5.55. The first-order valence-electron chi connectivity index (χ1n) is 5.96. The zero-order valence-corrected chi connectivity index (χ0v) is 11.6. The highest BCUT2D eigenvalue weighted by atomic mass is 32.2. The van der Waals surface area contributed by atoms with Crippen molar-refractivity contribution in [2.24, 2.45) is 0 Å². The van der Waals surface area contributed by atoms with Crippen LogP contribution >= 0.6 is 11.3 Å². The van der Waals surface area contributed by atoms with Crippen molar-refractivity contribution in [3.8, 4) is 0 Å². The summed E-state index contributed by atoms with van der Waals surface area (Å²) in [5.41, 5.74) is 0. The third-order valence-electron chi connectivity index (χ3n) is 2.88. The Hall–Kier alpha value is -0.460. The summed E-state index contributed by atoms with van der Waals surface area (Å²) in [6, 6.07) is 0. The quantitative estimate of drug-likeness (QED) is 0.828. The van der Waals surface area contributed by atoms with Crippen LogP contribution in [0.4, 0.5) is 0 Å². The summed E-state index contributed by atoms with van der Waals surface area (Å²) < 4.78 is 22.8. The molecule has 1 aromatic heterocycles. The van der Waals surface area contributed by atoms with E-state index in [0.29, 0.717) is 5.75 Å². The Morgan fingerprint density at radius 1 is 1.59 bits per heavy atom. The maximum Gasteiger partial charge on any atom is 0.151 e. The first-order chi connectivity index (χ1) is 8.11. The van der Waals surface area contributed by atoms with E-state index < -0.39 is 9.84 Å². The lowest BCUT2D eigenvalue weighted by Crippen LogP contribution is -2.12. The second-order valence-electron chi connectivity index (χ2n) is 4.44. The SMILES string of the molecule is CCCNCc1cnc(C2CCS(=O)(=O)C2)s1. The van der Waals surface area contributed by atoms with Gasteiger partial charge in [-0.15, -0.1) is 11.3 Å². The van der Waals surface area contributed by atoms with E-state index in [9.17, 15) is 8.42 Å².